The fraction of sp³-hybridized carbons (Fsp3) is 0.0909. The highest BCUT2D eigenvalue weighted by atomic mass is 14.9. The zero-order chi connectivity index (χ0) is 9.80. The van der Waals surface area contributed by atoms with Crippen molar-refractivity contribution in [3.63, 3.8) is 0 Å². The average Bonchev–Trinajstić information content (AvgIpc) is 2.68. The fourth-order valence-corrected chi connectivity index (χ4v) is 1.28. The second-order valence-corrected chi connectivity index (χ2v) is 2.94. The Morgan fingerprint density at radius 2 is 2.07 bits per heavy atom. The highest BCUT2D eigenvalue weighted by molar-refractivity contribution is 5.54. The van der Waals surface area contributed by atoms with Crippen molar-refractivity contribution in [3.8, 4) is 17.5 Å². The summed E-state index contributed by atoms with van der Waals surface area (Å²) in [7, 11) is 0. The Labute approximate surface area is 82.0 Å². The van der Waals surface area contributed by atoms with Crippen LogP contribution in [0.2, 0.25) is 0 Å². The van der Waals surface area contributed by atoms with E-state index in [0.717, 1.165) is 17.1 Å². The molecule has 2 aromatic rings. The molecule has 14 heavy (non-hydrogen) atoms. The third-order valence-electron chi connectivity index (χ3n) is 1.94. The van der Waals surface area contributed by atoms with Crippen molar-refractivity contribution in [2.75, 3.05) is 0 Å². The molecule has 0 saturated carbocycles. The van der Waals surface area contributed by atoms with Crippen LogP contribution in [0.15, 0.2) is 36.5 Å². The number of nitrogens with zero attached hydrogens (tertiary/aromatic N) is 2. The summed E-state index contributed by atoms with van der Waals surface area (Å²) in [6, 6.07) is 11.9. The Morgan fingerprint density at radius 3 is 2.79 bits per heavy atom. The van der Waals surface area contributed by atoms with Crippen molar-refractivity contribution < 1.29 is 0 Å². The molecule has 0 unspecified atom stereocenters. The van der Waals surface area contributed by atoms with Crippen LogP contribution in [-0.2, 0) is 6.42 Å². The van der Waals surface area contributed by atoms with Crippen LogP contribution in [0.25, 0.3) is 11.4 Å². The Hall–Kier alpha value is -2.08. The van der Waals surface area contributed by atoms with Gasteiger partial charge in [0.1, 0.15) is 5.82 Å². The van der Waals surface area contributed by atoms with Gasteiger partial charge < -0.3 is 4.98 Å². The molecular weight excluding hydrogens is 174 g/mol. The fourth-order valence-electron chi connectivity index (χ4n) is 1.28. The van der Waals surface area contributed by atoms with Crippen LogP contribution in [0.5, 0.6) is 0 Å². The van der Waals surface area contributed by atoms with Crippen molar-refractivity contribution >= 4 is 0 Å². The van der Waals surface area contributed by atoms with Gasteiger partial charge in [0.25, 0.3) is 0 Å². The zero-order valence-corrected chi connectivity index (χ0v) is 7.57. The van der Waals surface area contributed by atoms with Crippen LogP contribution in [0.4, 0.5) is 0 Å². The van der Waals surface area contributed by atoms with Gasteiger partial charge in [-0.1, -0.05) is 30.3 Å². The number of rotatable bonds is 2. The van der Waals surface area contributed by atoms with Crippen molar-refractivity contribution in [3.05, 3.63) is 42.2 Å². The molecule has 0 aliphatic heterocycles. The van der Waals surface area contributed by atoms with Crippen LogP contribution in [0, 0.1) is 11.3 Å². The molecule has 0 atom stereocenters. The number of nitrogens with one attached hydrogen (secondary N) is 1. The molecule has 0 aliphatic carbocycles. The van der Waals surface area contributed by atoms with E-state index < -0.39 is 0 Å². The highest BCUT2D eigenvalue weighted by Crippen LogP contribution is 2.14. The van der Waals surface area contributed by atoms with Crippen molar-refractivity contribution in [1.29, 1.82) is 5.26 Å². The van der Waals surface area contributed by atoms with Gasteiger partial charge in [0.05, 0.1) is 18.2 Å². The average molecular weight is 183 g/mol. The van der Waals surface area contributed by atoms with Gasteiger partial charge in [0.2, 0.25) is 0 Å². The third-order valence-corrected chi connectivity index (χ3v) is 1.94. The number of hydrogen-bond acceptors (Lipinski definition) is 2. The standard InChI is InChI=1S/C11H9N3/c12-7-6-10-8-13-11(14-10)9-4-2-1-3-5-9/h1-5,8H,6H2,(H,13,14). The Morgan fingerprint density at radius 1 is 1.29 bits per heavy atom. The summed E-state index contributed by atoms with van der Waals surface area (Å²) in [5, 5.41) is 8.50. The predicted octanol–water partition coefficient (Wildman–Crippen LogP) is 2.14. The maximum absolute atomic E-state index is 8.50. The number of aromatic nitrogens is 2. The van der Waals surface area contributed by atoms with Crippen LogP contribution >= 0.6 is 0 Å². The van der Waals surface area contributed by atoms with E-state index in [9.17, 15) is 0 Å². The van der Waals surface area contributed by atoms with Gasteiger partial charge in [-0.15, -0.1) is 0 Å². The van der Waals surface area contributed by atoms with E-state index in [0.29, 0.717) is 6.42 Å². The molecule has 1 aromatic carbocycles. The number of nitriles is 1. The number of aromatic amines is 1. The lowest BCUT2D eigenvalue weighted by atomic mass is 10.2. The van der Waals surface area contributed by atoms with Gasteiger partial charge in [-0.05, 0) is 0 Å². The van der Waals surface area contributed by atoms with Crippen LogP contribution < -0.4 is 0 Å². The van der Waals surface area contributed by atoms with Gasteiger partial charge in [0, 0.05) is 11.8 Å². The first kappa shape index (κ1) is 8.52. The minimum atomic E-state index is 0.351. The Bertz CT molecular complexity index is 451. The van der Waals surface area contributed by atoms with E-state index in [4.69, 9.17) is 5.26 Å². The molecule has 2 rings (SSSR count). The lowest BCUT2D eigenvalue weighted by Gasteiger charge is -1.93. The minimum Gasteiger partial charge on any atom is -0.344 e. The molecule has 0 amide bonds. The second-order valence-electron chi connectivity index (χ2n) is 2.94. The van der Waals surface area contributed by atoms with Gasteiger partial charge >= 0.3 is 0 Å². The van der Waals surface area contributed by atoms with Gasteiger partial charge in [0.15, 0.2) is 0 Å². The first-order valence-corrected chi connectivity index (χ1v) is 4.37. The summed E-state index contributed by atoms with van der Waals surface area (Å²) in [4.78, 5) is 7.34. The van der Waals surface area contributed by atoms with Crippen LogP contribution in [0.3, 0.4) is 0 Å². The summed E-state index contributed by atoms with van der Waals surface area (Å²) in [5.74, 6) is 0.816. The molecule has 0 fully saturated rings. The van der Waals surface area contributed by atoms with Crippen LogP contribution in [-0.4, -0.2) is 9.97 Å². The quantitative estimate of drug-likeness (QED) is 0.775. The van der Waals surface area contributed by atoms with Gasteiger partial charge in [-0.3, -0.25) is 0 Å². The zero-order valence-electron chi connectivity index (χ0n) is 7.57. The normalized spacial score (nSPS) is 9.64. The molecular formula is C11H9N3. The summed E-state index contributed by atoms with van der Waals surface area (Å²) in [6.07, 6.45) is 2.12. The molecule has 68 valence electrons. The minimum absolute atomic E-state index is 0.351. The molecule has 1 aromatic heterocycles. The van der Waals surface area contributed by atoms with Crippen LogP contribution in [0.1, 0.15) is 5.69 Å². The summed E-state index contributed by atoms with van der Waals surface area (Å²) >= 11 is 0. The Balaban J connectivity index is 2.31. The largest absolute Gasteiger partial charge is 0.344 e. The second kappa shape index (κ2) is 3.75. The van der Waals surface area contributed by atoms with Crippen molar-refractivity contribution in [1.82, 2.24) is 9.97 Å². The SMILES string of the molecule is N#CCc1c[nH]c(-c2ccccc2)n1. The molecule has 0 aliphatic rings. The van der Waals surface area contributed by atoms with Crippen molar-refractivity contribution in [2.45, 2.75) is 6.42 Å². The predicted molar refractivity (Wildman–Crippen MR) is 53.3 cm³/mol. The number of hydrogen-bond donors (Lipinski definition) is 1. The molecule has 3 nitrogen and oxygen atoms in total. The maximum atomic E-state index is 8.50. The number of H-pyrrole nitrogens is 1. The van der Waals surface area contributed by atoms with E-state index in [1.54, 1.807) is 6.20 Å². The molecule has 1 heterocycles. The van der Waals surface area contributed by atoms with E-state index in [-0.39, 0.29) is 0 Å². The van der Waals surface area contributed by atoms with Gasteiger partial charge in [-0.2, -0.15) is 5.26 Å². The molecule has 0 radical (unpaired) electrons. The van der Waals surface area contributed by atoms with Crippen molar-refractivity contribution in [2.24, 2.45) is 0 Å². The lowest BCUT2D eigenvalue weighted by Crippen LogP contribution is -1.82. The number of benzene rings is 1. The Kier molecular flexibility index (Phi) is 2.28. The molecule has 0 bridgehead atoms. The van der Waals surface area contributed by atoms with E-state index in [2.05, 4.69) is 16.0 Å². The van der Waals surface area contributed by atoms with E-state index in [1.165, 1.54) is 0 Å². The first-order chi connectivity index (χ1) is 6.90. The maximum Gasteiger partial charge on any atom is 0.137 e. The van der Waals surface area contributed by atoms with E-state index in [1.807, 2.05) is 30.3 Å². The molecule has 1 N–H and O–H groups in total. The topological polar surface area (TPSA) is 52.5 Å². The molecule has 3 heteroatoms. The molecule has 0 saturated heterocycles. The number of imidazole rings is 1. The summed E-state index contributed by atoms with van der Waals surface area (Å²) in [6.45, 7) is 0. The summed E-state index contributed by atoms with van der Waals surface area (Å²) < 4.78 is 0. The summed E-state index contributed by atoms with van der Waals surface area (Å²) in [5.41, 5.74) is 1.82. The smallest absolute Gasteiger partial charge is 0.137 e. The molecule has 0 spiro atoms. The van der Waals surface area contributed by atoms with Gasteiger partial charge in [-0.25, -0.2) is 4.98 Å². The lowest BCUT2D eigenvalue weighted by molar-refractivity contribution is 1.16. The highest BCUT2D eigenvalue weighted by Gasteiger charge is 2.01. The van der Waals surface area contributed by atoms with E-state index >= 15 is 0 Å². The monoisotopic (exact) mass is 183 g/mol. The first-order valence-electron chi connectivity index (χ1n) is 4.37. The third kappa shape index (κ3) is 1.64.